The fraction of sp³-hybridized carbons (Fsp3) is 0.364. The van der Waals surface area contributed by atoms with Crippen LogP contribution in [-0.4, -0.2) is 49.4 Å². The summed E-state index contributed by atoms with van der Waals surface area (Å²) in [5, 5.41) is 3.60. The number of aryl methyl sites for hydroxylation is 1. The lowest BCUT2D eigenvalue weighted by atomic mass is 9.98. The van der Waals surface area contributed by atoms with E-state index < -0.39 is 0 Å². The predicted octanol–water partition coefficient (Wildman–Crippen LogP) is 4.02. The van der Waals surface area contributed by atoms with Crippen LogP contribution >= 0.6 is 23.2 Å². The highest BCUT2D eigenvalue weighted by Crippen LogP contribution is 2.32. The maximum Gasteiger partial charge on any atom is 0.259 e. The van der Waals surface area contributed by atoms with E-state index in [1.54, 1.807) is 6.07 Å². The zero-order valence-corrected chi connectivity index (χ0v) is 17.6. The average molecular weight is 432 g/mol. The Morgan fingerprint density at radius 3 is 2.45 bits per heavy atom. The number of nitrogens with one attached hydrogen (secondary N) is 1. The molecule has 2 aliphatic heterocycles. The molecular formula is C22H23Cl2N3O2. The molecule has 2 heterocycles. The first kappa shape index (κ1) is 20.2. The number of unbranched alkanes of at least 4 members (excludes halogenated alkanes) is 1. The highest BCUT2D eigenvalue weighted by atomic mass is 35.5. The smallest absolute Gasteiger partial charge is 0.259 e. The lowest BCUT2D eigenvalue weighted by molar-refractivity contribution is 0.0879. The summed E-state index contributed by atoms with van der Waals surface area (Å²) < 4.78 is 0. The monoisotopic (exact) mass is 431 g/mol. The van der Waals surface area contributed by atoms with Crippen LogP contribution in [0.15, 0.2) is 36.4 Å². The lowest BCUT2D eigenvalue weighted by Crippen LogP contribution is -2.46. The van der Waals surface area contributed by atoms with E-state index in [2.05, 4.69) is 15.1 Å². The van der Waals surface area contributed by atoms with Crippen LogP contribution in [0, 0.1) is 0 Å². The summed E-state index contributed by atoms with van der Waals surface area (Å²) in [5.41, 5.74) is 3.03. The van der Waals surface area contributed by atoms with Crippen LogP contribution in [0.1, 0.15) is 39.1 Å². The number of carbonyl (C=O) groups is 2. The minimum Gasteiger partial charge on any atom is -0.368 e. The Kier molecular flexibility index (Phi) is 6.09. The molecule has 0 saturated carbocycles. The normalized spacial score (nSPS) is 16.8. The SMILES string of the molecule is O=C1NC(=O)c2c(CCCCN3CCN(c4cccc(Cl)c4Cl)CC3)cccc21. The standard InChI is InChI=1S/C22H23Cl2N3O2/c23-17-8-4-9-18(20(17)24)27-13-11-26(12-14-27)10-2-1-5-15-6-3-7-16-19(15)22(29)25-21(16)28/h3-4,6-9H,1-2,5,10-14H2,(H,25,28,29). The summed E-state index contributed by atoms with van der Waals surface area (Å²) in [7, 11) is 0. The molecule has 7 heteroatoms. The molecule has 2 aliphatic rings. The van der Waals surface area contributed by atoms with Gasteiger partial charge in [0, 0.05) is 26.2 Å². The van der Waals surface area contributed by atoms with Gasteiger partial charge in [0.2, 0.25) is 0 Å². The minimum atomic E-state index is -0.287. The number of fused-ring (bicyclic) bond motifs is 1. The third-order valence-electron chi connectivity index (χ3n) is 5.66. The van der Waals surface area contributed by atoms with Gasteiger partial charge in [-0.2, -0.15) is 0 Å². The Balaban J connectivity index is 1.25. The first-order chi connectivity index (χ1) is 14.0. The Labute approximate surface area is 180 Å². The molecule has 0 unspecified atom stereocenters. The second kappa shape index (κ2) is 8.74. The maximum atomic E-state index is 12.0. The summed E-state index contributed by atoms with van der Waals surface area (Å²) in [6.07, 6.45) is 2.84. The quantitative estimate of drug-likeness (QED) is 0.554. The van der Waals surface area contributed by atoms with Crippen molar-refractivity contribution in [3.8, 4) is 0 Å². The molecule has 2 amide bonds. The number of hydrogen-bond donors (Lipinski definition) is 1. The Bertz CT molecular complexity index is 940. The van der Waals surface area contributed by atoms with Gasteiger partial charge < -0.3 is 4.90 Å². The molecule has 0 radical (unpaired) electrons. The molecule has 0 spiro atoms. The van der Waals surface area contributed by atoms with Crippen molar-refractivity contribution in [2.75, 3.05) is 37.6 Å². The molecule has 152 valence electrons. The molecule has 0 bridgehead atoms. The molecule has 0 aliphatic carbocycles. The van der Waals surface area contributed by atoms with Gasteiger partial charge in [-0.1, -0.05) is 41.4 Å². The van der Waals surface area contributed by atoms with Gasteiger partial charge in [-0.3, -0.25) is 19.8 Å². The van der Waals surface area contributed by atoms with Gasteiger partial charge in [0.15, 0.2) is 0 Å². The van der Waals surface area contributed by atoms with Crippen LogP contribution in [0.4, 0.5) is 5.69 Å². The van der Waals surface area contributed by atoms with E-state index in [0.717, 1.165) is 63.2 Å². The maximum absolute atomic E-state index is 12.0. The zero-order valence-electron chi connectivity index (χ0n) is 16.1. The van der Waals surface area contributed by atoms with Gasteiger partial charge in [0.05, 0.1) is 26.9 Å². The molecule has 4 rings (SSSR count). The zero-order chi connectivity index (χ0) is 20.4. The molecule has 29 heavy (non-hydrogen) atoms. The fourth-order valence-corrected chi connectivity index (χ4v) is 4.51. The van der Waals surface area contributed by atoms with E-state index in [4.69, 9.17) is 23.2 Å². The average Bonchev–Trinajstić information content (AvgIpc) is 3.02. The molecule has 2 aromatic carbocycles. The van der Waals surface area contributed by atoms with E-state index in [-0.39, 0.29) is 11.8 Å². The van der Waals surface area contributed by atoms with E-state index >= 15 is 0 Å². The van der Waals surface area contributed by atoms with Crippen molar-refractivity contribution < 1.29 is 9.59 Å². The van der Waals surface area contributed by atoms with Crippen molar-refractivity contribution in [2.24, 2.45) is 0 Å². The van der Waals surface area contributed by atoms with Gasteiger partial charge in [-0.15, -0.1) is 0 Å². The number of hydrogen-bond acceptors (Lipinski definition) is 4. The van der Waals surface area contributed by atoms with Gasteiger partial charge in [0.25, 0.3) is 11.8 Å². The molecule has 1 N–H and O–H groups in total. The highest BCUT2D eigenvalue weighted by Gasteiger charge is 2.28. The number of rotatable bonds is 6. The molecule has 5 nitrogen and oxygen atoms in total. The molecular weight excluding hydrogens is 409 g/mol. The summed E-state index contributed by atoms with van der Waals surface area (Å²) in [6.45, 7) is 4.85. The van der Waals surface area contributed by atoms with E-state index in [1.165, 1.54) is 0 Å². The number of imide groups is 1. The summed E-state index contributed by atoms with van der Waals surface area (Å²) in [5.74, 6) is -0.555. The Morgan fingerprint density at radius 2 is 1.66 bits per heavy atom. The van der Waals surface area contributed by atoms with Gasteiger partial charge >= 0.3 is 0 Å². The Hall–Kier alpha value is -2.08. The Morgan fingerprint density at radius 1 is 0.897 bits per heavy atom. The van der Waals surface area contributed by atoms with Gasteiger partial charge in [0.1, 0.15) is 0 Å². The van der Waals surface area contributed by atoms with Crippen LogP contribution in [0.5, 0.6) is 0 Å². The minimum absolute atomic E-state index is 0.267. The number of halogens is 2. The highest BCUT2D eigenvalue weighted by molar-refractivity contribution is 6.43. The number of amides is 2. The van der Waals surface area contributed by atoms with Crippen LogP contribution in [-0.2, 0) is 6.42 Å². The first-order valence-electron chi connectivity index (χ1n) is 9.93. The van der Waals surface area contributed by atoms with Crippen LogP contribution in [0.2, 0.25) is 10.0 Å². The van der Waals surface area contributed by atoms with Gasteiger partial charge in [-0.05, 0) is 49.6 Å². The number of nitrogens with zero attached hydrogens (tertiary/aromatic N) is 2. The second-order valence-corrected chi connectivity index (χ2v) is 8.27. The van der Waals surface area contributed by atoms with E-state index in [1.807, 2.05) is 30.3 Å². The fourth-order valence-electron chi connectivity index (χ4n) is 4.10. The molecule has 1 saturated heterocycles. The van der Waals surface area contributed by atoms with Crippen LogP contribution in [0.3, 0.4) is 0 Å². The first-order valence-corrected chi connectivity index (χ1v) is 10.7. The van der Waals surface area contributed by atoms with Crippen LogP contribution in [0.25, 0.3) is 0 Å². The van der Waals surface area contributed by atoms with E-state index in [0.29, 0.717) is 21.2 Å². The number of carbonyl (C=O) groups excluding carboxylic acids is 2. The molecule has 0 atom stereocenters. The summed E-state index contributed by atoms with van der Waals surface area (Å²) in [4.78, 5) is 28.5. The van der Waals surface area contributed by atoms with Crippen molar-refractivity contribution in [3.05, 3.63) is 63.1 Å². The van der Waals surface area contributed by atoms with Crippen LogP contribution < -0.4 is 10.2 Å². The van der Waals surface area contributed by atoms with Crippen molar-refractivity contribution >= 4 is 40.7 Å². The third kappa shape index (κ3) is 4.27. The van der Waals surface area contributed by atoms with Crippen molar-refractivity contribution in [1.29, 1.82) is 0 Å². The topological polar surface area (TPSA) is 52.7 Å². The number of benzene rings is 2. The third-order valence-corrected chi connectivity index (χ3v) is 6.47. The molecule has 0 aromatic heterocycles. The second-order valence-electron chi connectivity index (χ2n) is 7.48. The predicted molar refractivity (Wildman–Crippen MR) is 116 cm³/mol. The van der Waals surface area contributed by atoms with Crippen molar-refractivity contribution in [2.45, 2.75) is 19.3 Å². The summed E-state index contributed by atoms with van der Waals surface area (Å²) >= 11 is 12.5. The van der Waals surface area contributed by atoms with Crippen molar-refractivity contribution in [1.82, 2.24) is 10.2 Å². The summed E-state index contributed by atoms with van der Waals surface area (Å²) in [6, 6.07) is 11.3. The molecule has 1 fully saturated rings. The number of anilines is 1. The van der Waals surface area contributed by atoms with E-state index in [9.17, 15) is 9.59 Å². The molecule has 2 aromatic rings. The largest absolute Gasteiger partial charge is 0.368 e. The lowest BCUT2D eigenvalue weighted by Gasteiger charge is -2.36. The van der Waals surface area contributed by atoms with Crippen molar-refractivity contribution in [3.63, 3.8) is 0 Å². The number of piperazine rings is 1. The van der Waals surface area contributed by atoms with Gasteiger partial charge in [-0.25, -0.2) is 0 Å².